The van der Waals surface area contributed by atoms with Gasteiger partial charge in [0.15, 0.2) is 0 Å². The molecule has 0 aromatic heterocycles. The van der Waals surface area contributed by atoms with Crippen LogP contribution in [-0.4, -0.2) is 35.3 Å². The molecule has 0 unspecified atom stereocenters. The van der Waals surface area contributed by atoms with E-state index in [1.807, 2.05) is 0 Å². The maximum absolute atomic E-state index is 10.1. The van der Waals surface area contributed by atoms with Gasteiger partial charge in [0.05, 0.1) is 0 Å². The summed E-state index contributed by atoms with van der Waals surface area (Å²) in [6.07, 6.45) is 0. The molecule has 0 aliphatic carbocycles. The third kappa shape index (κ3) is 11.7. The van der Waals surface area contributed by atoms with E-state index in [1.165, 1.54) is 0 Å². The molecule has 0 aromatic rings. The molecular weight excluding hydrogens is 398 g/mol. The molecule has 0 spiro atoms. The maximum atomic E-state index is 10.1. The van der Waals surface area contributed by atoms with Gasteiger partial charge in [-0.3, -0.25) is 0 Å². The molecule has 0 bridgehead atoms. The van der Waals surface area contributed by atoms with Crippen LogP contribution in [0.15, 0.2) is 0 Å². The van der Waals surface area contributed by atoms with Crippen molar-refractivity contribution in [3.63, 3.8) is 0 Å². The largest absolute Gasteiger partial charge is 1.00 e. The Balaban J connectivity index is 0. The molecule has 1 rings (SSSR count). The van der Waals surface area contributed by atoms with E-state index in [-0.39, 0.29) is 29.6 Å². The van der Waals surface area contributed by atoms with E-state index in [0.29, 0.717) is 0 Å². The first-order chi connectivity index (χ1) is 4.44. The van der Waals surface area contributed by atoms with Gasteiger partial charge < -0.3 is 9.90 Å². The number of carbonyl (C=O) groups is 1. The predicted molar refractivity (Wildman–Crippen MR) is 34.1 cm³/mol. The smallest absolute Gasteiger partial charge is 1.00 e. The number of hydrogen-bond acceptors (Lipinski definition) is 6. The minimum atomic E-state index is -2.56. The molecule has 0 atom stereocenters. The summed E-state index contributed by atoms with van der Waals surface area (Å²) in [4.78, 5) is 8.89. The summed E-state index contributed by atoms with van der Waals surface area (Å²) in [5.74, 6) is -1.08. The van der Waals surface area contributed by atoms with Crippen molar-refractivity contribution in [2.45, 2.75) is 6.92 Å². The number of carboxylic acid groups (broad SMARTS) is 1. The summed E-state index contributed by atoms with van der Waals surface area (Å²) in [5.41, 5.74) is 0. The van der Waals surface area contributed by atoms with E-state index in [9.17, 15) is 4.21 Å². The zero-order chi connectivity index (χ0) is 8.20. The Bertz CT molecular complexity index is 199. The first-order valence-corrected chi connectivity index (χ1v) is 7.49. The summed E-state index contributed by atoms with van der Waals surface area (Å²) in [6.45, 7) is 0.972. The standard InChI is InChI=1S/C2H4O2.Na.H2O3S2.Pb/c1-2(3)4;;1-5(2,3)4;/h1H3,(H,3,4);;(H2,1,2,3,4);/q;+1;;+2/p-3. The monoisotopic (exact) mass is 402 g/mol. The summed E-state index contributed by atoms with van der Waals surface area (Å²) in [5, 5.41) is 8.89. The van der Waals surface area contributed by atoms with Crippen molar-refractivity contribution in [2.24, 2.45) is 0 Å². The van der Waals surface area contributed by atoms with Gasteiger partial charge >= 0.3 is 83.4 Å². The molecule has 0 saturated carbocycles. The number of hydrogen-bond donors (Lipinski definition) is 0. The molecule has 1 saturated heterocycles. The van der Waals surface area contributed by atoms with Crippen molar-refractivity contribution in [2.75, 3.05) is 0 Å². The van der Waals surface area contributed by atoms with Gasteiger partial charge in [-0.1, -0.05) is 0 Å². The van der Waals surface area contributed by atoms with Gasteiger partial charge in [0.2, 0.25) is 0 Å². The predicted octanol–water partition coefficient (Wildman–Crippen LogP) is -5.10. The number of carboxylic acids is 1. The average molecular weight is 401 g/mol. The van der Waals surface area contributed by atoms with E-state index < -0.39 is 40.2 Å². The minimum absolute atomic E-state index is 0. The van der Waals surface area contributed by atoms with Gasteiger partial charge in [0, 0.05) is 5.97 Å². The number of rotatable bonds is 0. The molecule has 2 radical (unpaired) electrons. The summed E-state index contributed by atoms with van der Waals surface area (Å²) >= 11 is 2.94. The Morgan fingerprint density at radius 1 is 1.64 bits per heavy atom. The fourth-order valence-corrected chi connectivity index (χ4v) is 3.82. The molecule has 0 N–H and O–H groups in total. The van der Waals surface area contributed by atoms with Crippen molar-refractivity contribution in [1.29, 1.82) is 0 Å². The van der Waals surface area contributed by atoms with Crippen molar-refractivity contribution >= 4 is 51.4 Å². The first-order valence-electron chi connectivity index (χ1n) is 1.98. The first kappa shape index (κ1) is 15.2. The molecular formula is C2H3NaO5PbS2. The third-order valence-corrected chi connectivity index (χ3v) is 10.7. The quantitative estimate of drug-likeness (QED) is 0.378. The summed E-state index contributed by atoms with van der Waals surface area (Å²) in [7, 11) is -2.56. The van der Waals surface area contributed by atoms with Crippen LogP contribution in [0.2, 0.25) is 0 Å². The van der Waals surface area contributed by atoms with Gasteiger partial charge in [-0.05, 0) is 6.92 Å². The molecule has 11 heavy (non-hydrogen) atoms. The van der Waals surface area contributed by atoms with Crippen LogP contribution in [0.1, 0.15) is 6.92 Å². The van der Waals surface area contributed by atoms with Crippen molar-refractivity contribution in [3.8, 4) is 0 Å². The van der Waals surface area contributed by atoms with Crippen LogP contribution in [0.25, 0.3) is 0 Å². The van der Waals surface area contributed by atoms with Crippen molar-refractivity contribution in [3.05, 3.63) is 0 Å². The molecule has 5 nitrogen and oxygen atoms in total. The Morgan fingerprint density at radius 2 is 1.82 bits per heavy atom. The summed E-state index contributed by atoms with van der Waals surface area (Å²) < 4.78 is 18.9. The molecule has 0 amide bonds. The van der Waals surface area contributed by atoms with Crippen LogP contribution in [-0.2, 0) is 29.3 Å². The number of carbonyl (C=O) groups excluding carboxylic acids is 1. The summed E-state index contributed by atoms with van der Waals surface area (Å²) in [6, 6.07) is 0. The minimum Gasteiger partial charge on any atom is 1.00 e. The van der Waals surface area contributed by atoms with Crippen LogP contribution in [0.4, 0.5) is 0 Å². The number of aliphatic carboxylic acids is 1. The Hall–Kier alpha value is 1.68. The fourth-order valence-electron chi connectivity index (χ4n) is 0.0896. The Labute approximate surface area is 105 Å². The van der Waals surface area contributed by atoms with E-state index in [0.717, 1.165) is 6.92 Å². The van der Waals surface area contributed by atoms with Crippen LogP contribution < -0.4 is 34.7 Å². The molecule has 1 heterocycles. The average Bonchev–Trinajstić information content (AvgIpc) is 1.60. The van der Waals surface area contributed by atoms with Gasteiger partial charge in [-0.2, -0.15) is 0 Å². The van der Waals surface area contributed by atoms with Gasteiger partial charge in [0.1, 0.15) is 0 Å². The maximum Gasteiger partial charge on any atom is 1.00 e. The Kier molecular flexibility index (Phi) is 9.82. The van der Waals surface area contributed by atoms with Crippen LogP contribution in [0, 0.1) is 0 Å². The SMILES string of the molecule is CC(=O)[O-].O=S1(=S)[O][Pb][O]1.[Na+]. The normalized spacial score (nSPS) is 17.9. The van der Waals surface area contributed by atoms with Gasteiger partial charge in [0.25, 0.3) is 0 Å². The van der Waals surface area contributed by atoms with E-state index >= 15 is 0 Å². The topological polar surface area (TPSA) is 75.7 Å². The zero-order valence-corrected chi connectivity index (χ0v) is 13.4. The van der Waals surface area contributed by atoms with Crippen LogP contribution in [0.3, 0.4) is 0 Å². The molecule has 1 fully saturated rings. The van der Waals surface area contributed by atoms with Crippen molar-refractivity contribution < 1.29 is 47.9 Å². The van der Waals surface area contributed by atoms with Crippen molar-refractivity contribution in [1.82, 2.24) is 0 Å². The molecule has 9 heteroatoms. The second-order valence-corrected chi connectivity index (χ2v) is 8.06. The molecule has 1 aliphatic rings. The molecule has 0 aromatic carbocycles. The van der Waals surface area contributed by atoms with Gasteiger partial charge in [-0.15, -0.1) is 0 Å². The Morgan fingerprint density at radius 3 is 1.82 bits per heavy atom. The van der Waals surface area contributed by atoms with E-state index in [4.69, 9.17) is 9.90 Å². The second kappa shape index (κ2) is 7.12. The molecule has 1 aliphatic heterocycles. The van der Waals surface area contributed by atoms with Crippen LogP contribution >= 0.6 is 0 Å². The van der Waals surface area contributed by atoms with Gasteiger partial charge in [-0.25, -0.2) is 0 Å². The van der Waals surface area contributed by atoms with E-state index in [2.05, 4.69) is 15.5 Å². The molecule has 58 valence electrons. The van der Waals surface area contributed by atoms with E-state index in [1.54, 1.807) is 0 Å². The third-order valence-electron chi connectivity index (χ3n) is 0.272. The fraction of sp³-hybridized carbons (Fsp3) is 0.500. The van der Waals surface area contributed by atoms with Crippen LogP contribution in [0.5, 0.6) is 0 Å². The second-order valence-electron chi connectivity index (χ2n) is 1.15. The zero-order valence-electron chi connectivity index (χ0n) is 5.86.